The van der Waals surface area contributed by atoms with Gasteiger partial charge in [-0.15, -0.1) is 0 Å². The molecule has 4 nitrogen and oxygen atoms in total. The number of rotatable bonds is 0. The van der Waals surface area contributed by atoms with Crippen LogP contribution in [0.2, 0.25) is 0 Å². The Morgan fingerprint density at radius 1 is 1.47 bits per heavy atom. The Labute approximate surface area is 88.8 Å². The molecular formula is C11H14N2O2. The van der Waals surface area contributed by atoms with Gasteiger partial charge in [-0.05, 0) is 11.6 Å². The van der Waals surface area contributed by atoms with Crippen LogP contribution in [-0.2, 0) is 11.3 Å². The summed E-state index contributed by atoms with van der Waals surface area (Å²) in [6, 6.07) is 7.87. The largest absolute Gasteiger partial charge is 0.452 e. The number of benzene rings is 1. The lowest BCUT2D eigenvalue weighted by molar-refractivity contribution is 0.179. The van der Waals surface area contributed by atoms with E-state index in [1.54, 1.807) is 4.90 Å². The van der Waals surface area contributed by atoms with E-state index in [2.05, 4.69) is 5.32 Å². The minimum atomic E-state index is -0.300. The molecule has 1 heterocycles. The molecule has 0 bridgehead atoms. The van der Waals surface area contributed by atoms with Gasteiger partial charge in [-0.3, -0.25) is 4.90 Å². The Kier molecular flexibility index (Phi) is 2.87. The number of hydrogen-bond acceptors (Lipinski definition) is 3. The number of nitrogens with one attached hydrogen (secondary N) is 1. The van der Waals surface area contributed by atoms with Crippen LogP contribution in [0.1, 0.15) is 5.56 Å². The van der Waals surface area contributed by atoms with E-state index in [0.29, 0.717) is 6.54 Å². The molecular weight excluding hydrogens is 192 g/mol. The van der Waals surface area contributed by atoms with E-state index in [9.17, 15) is 4.79 Å². The van der Waals surface area contributed by atoms with Gasteiger partial charge in [-0.25, -0.2) is 4.79 Å². The maximum Gasteiger partial charge on any atom is 0.414 e. The summed E-state index contributed by atoms with van der Waals surface area (Å²) in [4.78, 5) is 13.2. The van der Waals surface area contributed by atoms with Crippen LogP contribution >= 0.6 is 0 Å². The summed E-state index contributed by atoms with van der Waals surface area (Å²) in [5.74, 6) is 0. The van der Waals surface area contributed by atoms with Crippen LogP contribution in [0, 0.1) is 0 Å². The summed E-state index contributed by atoms with van der Waals surface area (Å²) < 4.78 is 4.76. The van der Waals surface area contributed by atoms with Crippen molar-refractivity contribution in [2.45, 2.75) is 6.54 Å². The zero-order valence-electron chi connectivity index (χ0n) is 8.69. The molecule has 0 saturated carbocycles. The van der Waals surface area contributed by atoms with E-state index in [1.807, 2.05) is 24.3 Å². The van der Waals surface area contributed by atoms with Gasteiger partial charge in [0, 0.05) is 19.6 Å². The number of anilines is 1. The number of hydrogen-bond donors (Lipinski definition) is 1. The molecule has 1 amide bonds. The van der Waals surface area contributed by atoms with Crippen molar-refractivity contribution in [3.8, 4) is 0 Å². The lowest BCUT2D eigenvalue weighted by atomic mass is 10.1. The smallest absolute Gasteiger partial charge is 0.414 e. The molecule has 1 aromatic rings. The Hall–Kier alpha value is -1.55. The minimum absolute atomic E-state index is 0.300. The average Bonchev–Trinajstić information content (AvgIpc) is 2.50. The van der Waals surface area contributed by atoms with Crippen LogP contribution in [0.3, 0.4) is 0 Å². The van der Waals surface area contributed by atoms with Crippen LogP contribution in [-0.4, -0.2) is 26.3 Å². The molecule has 1 aliphatic rings. The standard InChI is InChI=1S/C11H14N2O2/c1-15-11(14)13-7-6-12-8-9-4-2-3-5-10(9)13/h2-5,12H,6-8H2,1H3. The molecule has 4 heteroatoms. The average molecular weight is 206 g/mol. The number of ether oxygens (including phenoxy) is 1. The molecule has 0 radical (unpaired) electrons. The molecule has 1 aliphatic heterocycles. The first-order chi connectivity index (χ1) is 7.33. The number of para-hydroxylation sites is 1. The maximum atomic E-state index is 11.6. The first-order valence-corrected chi connectivity index (χ1v) is 4.97. The first-order valence-electron chi connectivity index (χ1n) is 4.97. The van der Waals surface area contributed by atoms with Crippen molar-refractivity contribution in [2.24, 2.45) is 0 Å². The molecule has 1 aromatic carbocycles. The Morgan fingerprint density at radius 3 is 3.07 bits per heavy atom. The second-order valence-electron chi connectivity index (χ2n) is 3.43. The summed E-state index contributed by atoms with van der Waals surface area (Å²) in [6.45, 7) is 2.22. The predicted octanol–water partition coefficient (Wildman–Crippen LogP) is 1.36. The third-order valence-electron chi connectivity index (χ3n) is 2.51. The summed E-state index contributed by atoms with van der Waals surface area (Å²) in [7, 11) is 1.41. The zero-order valence-corrected chi connectivity index (χ0v) is 8.69. The van der Waals surface area contributed by atoms with Gasteiger partial charge in [0.15, 0.2) is 0 Å². The highest BCUT2D eigenvalue weighted by atomic mass is 16.5. The summed E-state index contributed by atoms with van der Waals surface area (Å²) >= 11 is 0. The van der Waals surface area contributed by atoms with Gasteiger partial charge in [0.2, 0.25) is 0 Å². The van der Waals surface area contributed by atoms with Crippen LogP contribution in [0.25, 0.3) is 0 Å². The predicted molar refractivity (Wildman–Crippen MR) is 57.9 cm³/mol. The molecule has 1 N–H and O–H groups in total. The third-order valence-corrected chi connectivity index (χ3v) is 2.51. The number of methoxy groups -OCH3 is 1. The van der Waals surface area contributed by atoms with Crippen LogP contribution in [0.15, 0.2) is 24.3 Å². The van der Waals surface area contributed by atoms with Gasteiger partial charge >= 0.3 is 6.09 Å². The monoisotopic (exact) mass is 206 g/mol. The van der Waals surface area contributed by atoms with Crippen molar-refractivity contribution in [3.05, 3.63) is 29.8 Å². The molecule has 80 valence electrons. The topological polar surface area (TPSA) is 41.6 Å². The fraction of sp³-hybridized carbons (Fsp3) is 0.364. The number of carbonyl (C=O) groups excluding carboxylic acids is 1. The van der Waals surface area contributed by atoms with E-state index < -0.39 is 0 Å². The van der Waals surface area contributed by atoms with E-state index in [0.717, 1.165) is 24.3 Å². The van der Waals surface area contributed by atoms with Gasteiger partial charge in [-0.1, -0.05) is 18.2 Å². The molecule has 0 spiro atoms. The van der Waals surface area contributed by atoms with Crippen LogP contribution in [0.4, 0.5) is 10.5 Å². The fourth-order valence-corrected chi connectivity index (χ4v) is 1.76. The third kappa shape index (κ3) is 1.94. The number of nitrogens with zero attached hydrogens (tertiary/aromatic N) is 1. The van der Waals surface area contributed by atoms with E-state index in [1.165, 1.54) is 7.11 Å². The Balaban J connectivity index is 2.37. The second kappa shape index (κ2) is 4.31. The van der Waals surface area contributed by atoms with E-state index in [4.69, 9.17) is 4.74 Å². The van der Waals surface area contributed by atoms with Gasteiger partial charge in [-0.2, -0.15) is 0 Å². The molecule has 0 atom stereocenters. The maximum absolute atomic E-state index is 11.6. The molecule has 0 aromatic heterocycles. The number of fused-ring (bicyclic) bond motifs is 1. The first kappa shape index (κ1) is 9.98. The molecule has 15 heavy (non-hydrogen) atoms. The quantitative estimate of drug-likeness (QED) is 0.697. The van der Waals surface area contributed by atoms with Crippen molar-refractivity contribution in [2.75, 3.05) is 25.1 Å². The highest BCUT2D eigenvalue weighted by Gasteiger charge is 2.20. The van der Waals surface area contributed by atoms with Gasteiger partial charge < -0.3 is 10.1 Å². The molecule has 0 aliphatic carbocycles. The number of amides is 1. The Bertz CT molecular complexity index is 365. The minimum Gasteiger partial charge on any atom is -0.452 e. The van der Waals surface area contributed by atoms with Crippen molar-refractivity contribution in [1.29, 1.82) is 0 Å². The SMILES string of the molecule is COC(=O)N1CCNCc2ccccc21. The highest BCUT2D eigenvalue weighted by Crippen LogP contribution is 2.22. The van der Waals surface area contributed by atoms with Crippen molar-refractivity contribution in [3.63, 3.8) is 0 Å². The molecule has 2 rings (SSSR count). The van der Waals surface area contributed by atoms with E-state index >= 15 is 0 Å². The van der Waals surface area contributed by atoms with Crippen molar-refractivity contribution >= 4 is 11.8 Å². The highest BCUT2D eigenvalue weighted by molar-refractivity contribution is 5.88. The number of carbonyl (C=O) groups is 1. The zero-order chi connectivity index (χ0) is 10.7. The van der Waals surface area contributed by atoms with E-state index in [-0.39, 0.29) is 6.09 Å². The van der Waals surface area contributed by atoms with Crippen molar-refractivity contribution in [1.82, 2.24) is 5.32 Å². The normalized spacial score (nSPS) is 15.4. The summed E-state index contributed by atoms with van der Waals surface area (Å²) in [5.41, 5.74) is 2.06. The van der Waals surface area contributed by atoms with Gasteiger partial charge in [0.1, 0.15) is 0 Å². The Morgan fingerprint density at radius 2 is 2.27 bits per heavy atom. The lowest BCUT2D eigenvalue weighted by Gasteiger charge is -2.20. The lowest BCUT2D eigenvalue weighted by Crippen LogP contribution is -2.34. The summed E-state index contributed by atoms with van der Waals surface area (Å²) in [5, 5.41) is 3.26. The summed E-state index contributed by atoms with van der Waals surface area (Å²) in [6.07, 6.45) is -0.300. The van der Waals surface area contributed by atoms with Gasteiger partial charge in [0.25, 0.3) is 0 Å². The molecule has 0 unspecified atom stereocenters. The van der Waals surface area contributed by atoms with Crippen molar-refractivity contribution < 1.29 is 9.53 Å². The van der Waals surface area contributed by atoms with Gasteiger partial charge in [0.05, 0.1) is 12.8 Å². The molecule has 0 saturated heterocycles. The fourth-order valence-electron chi connectivity index (χ4n) is 1.76. The second-order valence-corrected chi connectivity index (χ2v) is 3.43. The van der Waals surface area contributed by atoms with Crippen LogP contribution in [0.5, 0.6) is 0 Å². The molecule has 0 fully saturated rings. The van der Waals surface area contributed by atoms with Crippen LogP contribution < -0.4 is 10.2 Å².